The highest BCUT2D eigenvalue weighted by atomic mass is 16.3. The molecule has 0 N–H and O–H groups in total. The number of likely N-dealkylation sites (tertiary alicyclic amines) is 1. The smallest absolute Gasteiger partial charge is 0.234 e. The van der Waals surface area contributed by atoms with E-state index >= 15 is 0 Å². The van der Waals surface area contributed by atoms with E-state index in [1.807, 2.05) is 0 Å². The number of nitrogens with zero attached hydrogens (tertiary/aromatic N) is 1. The van der Waals surface area contributed by atoms with Crippen LogP contribution in [0.3, 0.4) is 0 Å². The van der Waals surface area contributed by atoms with Gasteiger partial charge in [-0.1, -0.05) is 12.2 Å². The van der Waals surface area contributed by atoms with Crippen LogP contribution in [0.25, 0.3) is 0 Å². The molecule has 4 rings (SSSR count). The van der Waals surface area contributed by atoms with Gasteiger partial charge in [0.15, 0.2) is 0 Å². The second kappa shape index (κ2) is 3.34. The first kappa shape index (κ1) is 10.1. The van der Waals surface area contributed by atoms with E-state index in [-0.39, 0.29) is 42.0 Å². The number of carbonyl (C=O) groups is 2. The van der Waals surface area contributed by atoms with Crippen LogP contribution in [0.2, 0.25) is 0 Å². The lowest BCUT2D eigenvalue weighted by molar-refractivity contribution is -0.141. The largest absolute Gasteiger partial charge is 0.467 e. The number of carbonyl (C=O) groups excluding carboxylic acids is 2. The van der Waals surface area contributed by atoms with Crippen LogP contribution in [0.15, 0.2) is 35.0 Å². The van der Waals surface area contributed by atoms with Crippen molar-refractivity contribution < 1.29 is 14.0 Å². The van der Waals surface area contributed by atoms with Crippen LogP contribution in [0.4, 0.5) is 0 Å². The average molecular weight is 243 g/mol. The molecule has 1 aromatic rings. The van der Waals surface area contributed by atoms with Crippen molar-refractivity contribution in [1.82, 2.24) is 4.90 Å². The Hall–Kier alpha value is -1.84. The van der Waals surface area contributed by atoms with E-state index in [0.717, 1.165) is 6.42 Å². The number of furan rings is 1. The van der Waals surface area contributed by atoms with Crippen LogP contribution in [0.1, 0.15) is 12.2 Å². The maximum Gasteiger partial charge on any atom is 0.234 e. The second-order valence-corrected chi connectivity index (χ2v) is 5.34. The highest BCUT2D eigenvalue weighted by molar-refractivity contribution is 6.06. The minimum Gasteiger partial charge on any atom is -0.467 e. The normalized spacial score (nSPS) is 36.8. The Balaban J connectivity index is 1.64. The molecule has 0 radical (unpaired) electrons. The molecule has 0 aromatic carbocycles. The number of allylic oxidation sites excluding steroid dienone is 2. The molecule has 2 heterocycles. The average Bonchev–Trinajstić information content (AvgIpc) is 3.10. The zero-order valence-electron chi connectivity index (χ0n) is 9.78. The zero-order valence-corrected chi connectivity index (χ0v) is 9.78. The summed E-state index contributed by atoms with van der Waals surface area (Å²) in [6.07, 6.45) is 6.74. The molecule has 4 nitrogen and oxygen atoms in total. The molecule has 1 aromatic heterocycles. The number of hydrogen-bond donors (Lipinski definition) is 0. The molecule has 2 aliphatic carbocycles. The Labute approximate surface area is 104 Å². The molecule has 1 saturated heterocycles. The number of fused-ring (bicyclic) bond motifs is 5. The molecule has 0 unspecified atom stereocenters. The number of amides is 2. The van der Waals surface area contributed by atoms with Crippen molar-refractivity contribution in [2.45, 2.75) is 13.0 Å². The summed E-state index contributed by atoms with van der Waals surface area (Å²) < 4.78 is 5.22. The Kier molecular flexibility index (Phi) is 1.88. The first-order valence-corrected chi connectivity index (χ1v) is 6.31. The van der Waals surface area contributed by atoms with Crippen molar-refractivity contribution in [3.8, 4) is 0 Å². The van der Waals surface area contributed by atoms with Gasteiger partial charge in [-0.15, -0.1) is 0 Å². The fraction of sp³-hybridized carbons (Fsp3) is 0.429. The molecule has 92 valence electrons. The van der Waals surface area contributed by atoms with Crippen LogP contribution in [-0.4, -0.2) is 16.7 Å². The van der Waals surface area contributed by atoms with Gasteiger partial charge >= 0.3 is 0 Å². The summed E-state index contributed by atoms with van der Waals surface area (Å²) >= 11 is 0. The molecule has 1 saturated carbocycles. The van der Waals surface area contributed by atoms with Crippen molar-refractivity contribution in [2.24, 2.45) is 23.7 Å². The van der Waals surface area contributed by atoms with Gasteiger partial charge in [0.2, 0.25) is 11.8 Å². The van der Waals surface area contributed by atoms with E-state index in [4.69, 9.17) is 4.42 Å². The predicted octanol–water partition coefficient (Wildman–Crippen LogP) is 1.59. The van der Waals surface area contributed by atoms with Crippen molar-refractivity contribution in [2.75, 3.05) is 0 Å². The minimum atomic E-state index is -0.109. The van der Waals surface area contributed by atoms with E-state index in [2.05, 4.69) is 12.2 Å². The molecule has 18 heavy (non-hydrogen) atoms. The fourth-order valence-corrected chi connectivity index (χ4v) is 3.68. The van der Waals surface area contributed by atoms with Gasteiger partial charge in [0.1, 0.15) is 5.76 Å². The second-order valence-electron chi connectivity index (χ2n) is 5.34. The minimum absolute atomic E-state index is 0.0155. The van der Waals surface area contributed by atoms with Crippen LogP contribution in [-0.2, 0) is 16.1 Å². The predicted molar refractivity (Wildman–Crippen MR) is 62.0 cm³/mol. The van der Waals surface area contributed by atoms with E-state index in [9.17, 15) is 9.59 Å². The monoisotopic (exact) mass is 243 g/mol. The summed E-state index contributed by atoms with van der Waals surface area (Å²) in [5.41, 5.74) is 0. The third-order valence-electron chi connectivity index (χ3n) is 4.46. The van der Waals surface area contributed by atoms with E-state index in [1.165, 1.54) is 4.90 Å². The Morgan fingerprint density at radius 1 is 1.17 bits per heavy atom. The van der Waals surface area contributed by atoms with Crippen LogP contribution in [0.5, 0.6) is 0 Å². The number of rotatable bonds is 2. The lowest BCUT2D eigenvalue weighted by atomic mass is 9.85. The van der Waals surface area contributed by atoms with Crippen molar-refractivity contribution in [1.29, 1.82) is 0 Å². The summed E-state index contributed by atoms with van der Waals surface area (Å²) in [5.74, 6) is 0.967. The molecule has 2 amide bonds. The molecular formula is C14H13NO3. The highest BCUT2D eigenvalue weighted by Gasteiger charge is 2.59. The summed E-state index contributed by atoms with van der Waals surface area (Å²) in [7, 11) is 0. The van der Waals surface area contributed by atoms with Gasteiger partial charge < -0.3 is 4.42 Å². The third-order valence-corrected chi connectivity index (χ3v) is 4.46. The van der Waals surface area contributed by atoms with Crippen molar-refractivity contribution >= 4 is 11.8 Å². The van der Waals surface area contributed by atoms with Crippen molar-refractivity contribution in [3.63, 3.8) is 0 Å². The Bertz CT molecular complexity index is 515. The van der Waals surface area contributed by atoms with Gasteiger partial charge in [-0.05, 0) is 30.4 Å². The van der Waals surface area contributed by atoms with Gasteiger partial charge in [-0.3, -0.25) is 14.5 Å². The lowest BCUT2D eigenvalue weighted by Crippen LogP contribution is -2.32. The summed E-state index contributed by atoms with van der Waals surface area (Å²) in [5, 5.41) is 0. The maximum atomic E-state index is 12.3. The van der Waals surface area contributed by atoms with E-state index in [1.54, 1.807) is 18.4 Å². The van der Waals surface area contributed by atoms with E-state index in [0.29, 0.717) is 5.76 Å². The lowest BCUT2D eigenvalue weighted by Gasteiger charge is -2.15. The topological polar surface area (TPSA) is 50.5 Å². The van der Waals surface area contributed by atoms with E-state index < -0.39 is 0 Å². The van der Waals surface area contributed by atoms with Gasteiger partial charge in [0, 0.05) is 0 Å². The number of imide groups is 1. The standard InChI is InChI=1S/C14H13NO3/c16-13-11-8-3-4-9(6-8)12(11)14(17)15(13)7-10-2-1-5-18-10/h1-5,8-9,11-12H,6-7H2/t8-,9-,11-,12+/m0/s1. The molecule has 0 spiro atoms. The third kappa shape index (κ3) is 1.15. The van der Waals surface area contributed by atoms with Gasteiger partial charge in [-0.25, -0.2) is 0 Å². The van der Waals surface area contributed by atoms with Crippen LogP contribution >= 0.6 is 0 Å². The molecule has 2 bridgehead atoms. The fourth-order valence-electron chi connectivity index (χ4n) is 3.68. The zero-order chi connectivity index (χ0) is 12.3. The molecule has 4 atom stereocenters. The van der Waals surface area contributed by atoms with Crippen molar-refractivity contribution in [3.05, 3.63) is 36.3 Å². The summed E-state index contributed by atoms with van der Waals surface area (Å²) in [6, 6.07) is 3.56. The van der Waals surface area contributed by atoms with Gasteiger partial charge in [-0.2, -0.15) is 0 Å². The first-order valence-electron chi connectivity index (χ1n) is 6.31. The molecule has 3 aliphatic rings. The molecule has 4 heteroatoms. The molecular weight excluding hydrogens is 230 g/mol. The highest BCUT2D eigenvalue weighted by Crippen LogP contribution is 2.52. The SMILES string of the molecule is O=C1[C@@H]2[C@H](C(=O)N1Cc1ccco1)[C@H]1C=C[C@H]2C1. The number of hydrogen-bond acceptors (Lipinski definition) is 3. The summed E-state index contributed by atoms with van der Waals surface area (Å²) in [6.45, 7) is 0.275. The van der Waals surface area contributed by atoms with Gasteiger partial charge in [0.05, 0.1) is 24.6 Å². The Morgan fingerprint density at radius 2 is 1.83 bits per heavy atom. The summed E-state index contributed by atoms with van der Waals surface area (Å²) in [4.78, 5) is 26.1. The van der Waals surface area contributed by atoms with Crippen LogP contribution < -0.4 is 0 Å². The quantitative estimate of drug-likeness (QED) is 0.585. The van der Waals surface area contributed by atoms with Gasteiger partial charge in [0.25, 0.3) is 0 Å². The molecule has 2 fully saturated rings. The van der Waals surface area contributed by atoms with Crippen LogP contribution in [0, 0.1) is 23.7 Å². The Morgan fingerprint density at radius 3 is 2.39 bits per heavy atom. The first-order chi connectivity index (χ1) is 8.75. The molecule has 1 aliphatic heterocycles. The maximum absolute atomic E-state index is 12.3.